The van der Waals surface area contributed by atoms with Crippen molar-refractivity contribution < 1.29 is 17.9 Å². The molecule has 2 aromatic carbocycles. The number of sulfone groups is 1. The zero-order chi connectivity index (χ0) is 18.9. The Balaban J connectivity index is 2.03. The van der Waals surface area contributed by atoms with E-state index in [1.54, 1.807) is 26.4 Å². The van der Waals surface area contributed by atoms with E-state index >= 15 is 0 Å². The number of rotatable bonds is 7. The smallest absolute Gasteiger partial charge is 0.182 e. The van der Waals surface area contributed by atoms with Crippen molar-refractivity contribution in [3.8, 4) is 5.75 Å². The molecule has 3 rings (SSSR count). The van der Waals surface area contributed by atoms with Gasteiger partial charge in [0.15, 0.2) is 9.84 Å². The van der Waals surface area contributed by atoms with Gasteiger partial charge in [-0.3, -0.25) is 0 Å². The van der Waals surface area contributed by atoms with Crippen LogP contribution in [0.2, 0.25) is 0 Å². The van der Waals surface area contributed by atoms with Gasteiger partial charge in [-0.1, -0.05) is 29.8 Å². The van der Waals surface area contributed by atoms with E-state index in [1.165, 1.54) is 0 Å². The van der Waals surface area contributed by atoms with Gasteiger partial charge in [0.1, 0.15) is 5.75 Å². The van der Waals surface area contributed by atoms with Crippen LogP contribution in [0.3, 0.4) is 0 Å². The van der Waals surface area contributed by atoms with E-state index in [4.69, 9.17) is 15.2 Å². The molecule has 0 saturated heterocycles. The quantitative estimate of drug-likeness (QED) is 0.805. The van der Waals surface area contributed by atoms with Crippen molar-refractivity contribution in [3.05, 3.63) is 59.7 Å². The van der Waals surface area contributed by atoms with Crippen LogP contribution in [-0.2, 0) is 14.6 Å². The average molecular weight is 375 g/mol. The minimum absolute atomic E-state index is 0.204. The van der Waals surface area contributed by atoms with Gasteiger partial charge in [0.2, 0.25) is 0 Å². The Morgan fingerprint density at radius 1 is 1.04 bits per heavy atom. The molecule has 5 nitrogen and oxygen atoms in total. The fourth-order valence-corrected chi connectivity index (χ4v) is 6.32. The second-order valence-electron chi connectivity index (χ2n) is 6.90. The summed E-state index contributed by atoms with van der Waals surface area (Å²) in [5, 5.41) is -0.601. The standard InChI is InChI=1S/C20H25NO4S/c1-14-4-10-17(11-5-14)26(22,23)19-18(20(19,12-21)13-24-2)15-6-8-16(25-3)9-7-15/h4-11,18-19H,12-13,21H2,1-3H3/t18-,19+,20-/m1/s1. The molecule has 2 aromatic rings. The molecular weight excluding hydrogens is 350 g/mol. The number of aryl methyl sites for hydroxylation is 1. The second kappa shape index (κ2) is 7.02. The predicted molar refractivity (Wildman–Crippen MR) is 101 cm³/mol. The molecule has 0 bridgehead atoms. The first-order chi connectivity index (χ1) is 12.4. The molecule has 3 atom stereocenters. The summed E-state index contributed by atoms with van der Waals surface area (Å²) in [6, 6.07) is 14.5. The van der Waals surface area contributed by atoms with E-state index < -0.39 is 20.5 Å². The van der Waals surface area contributed by atoms with Gasteiger partial charge in [-0.25, -0.2) is 8.42 Å². The van der Waals surface area contributed by atoms with Crippen molar-refractivity contribution in [1.29, 1.82) is 0 Å². The highest BCUT2D eigenvalue weighted by molar-refractivity contribution is 7.92. The van der Waals surface area contributed by atoms with Crippen LogP contribution in [-0.4, -0.2) is 41.0 Å². The Kier molecular flexibility index (Phi) is 5.10. The second-order valence-corrected chi connectivity index (χ2v) is 8.97. The van der Waals surface area contributed by atoms with Gasteiger partial charge in [0.25, 0.3) is 0 Å². The number of nitrogens with two attached hydrogens (primary N) is 1. The summed E-state index contributed by atoms with van der Waals surface area (Å²) >= 11 is 0. The summed E-state index contributed by atoms with van der Waals surface area (Å²) < 4.78 is 37.2. The topological polar surface area (TPSA) is 78.6 Å². The fourth-order valence-electron chi connectivity index (χ4n) is 3.88. The van der Waals surface area contributed by atoms with E-state index in [-0.39, 0.29) is 12.5 Å². The maximum absolute atomic E-state index is 13.3. The summed E-state index contributed by atoms with van der Waals surface area (Å²) in [6.07, 6.45) is 0. The van der Waals surface area contributed by atoms with Crippen molar-refractivity contribution in [2.75, 3.05) is 27.4 Å². The average Bonchev–Trinajstić information content (AvgIpc) is 3.32. The van der Waals surface area contributed by atoms with Crippen LogP contribution in [0.4, 0.5) is 0 Å². The van der Waals surface area contributed by atoms with E-state index in [1.807, 2.05) is 43.3 Å². The lowest BCUT2D eigenvalue weighted by Gasteiger charge is -2.15. The Hall–Kier alpha value is -1.89. The zero-order valence-electron chi connectivity index (χ0n) is 15.3. The Bertz CT molecular complexity index is 862. The Morgan fingerprint density at radius 3 is 2.15 bits per heavy atom. The lowest BCUT2D eigenvalue weighted by molar-refractivity contribution is 0.142. The number of hydrogen-bond donors (Lipinski definition) is 1. The molecule has 1 fully saturated rings. The number of hydrogen-bond acceptors (Lipinski definition) is 5. The minimum atomic E-state index is -3.53. The van der Waals surface area contributed by atoms with Crippen LogP contribution in [0.25, 0.3) is 0 Å². The minimum Gasteiger partial charge on any atom is -0.497 e. The summed E-state index contributed by atoms with van der Waals surface area (Å²) in [5.41, 5.74) is 7.40. The molecule has 26 heavy (non-hydrogen) atoms. The highest BCUT2D eigenvalue weighted by Gasteiger charge is 2.70. The molecule has 140 valence electrons. The van der Waals surface area contributed by atoms with E-state index in [0.29, 0.717) is 11.5 Å². The largest absolute Gasteiger partial charge is 0.497 e. The normalized spacial score (nSPS) is 25.1. The SMILES string of the molecule is COC[C@]1(CN)[C@H](c2ccc(OC)cc2)[C@@H]1S(=O)(=O)c1ccc(C)cc1. The molecule has 0 aromatic heterocycles. The monoisotopic (exact) mass is 375 g/mol. The van der Waals surface area contributed by atoms with Crippen molar-refractivity contribution >= 4 is 9.84 Å². The zero-order valence-corrected chi connectivity index (χ0v) is 16.1. The van der Waals surface area contributed by atoms with Crippen molar-refractivity contribution in [2.24, 2.45) is 11.1 Å². The Morgan fingerprint density at radius 2 is 1.65 bits per heavy atom. The molecule has 1 aliphatic carbocycles. The molecular formula is C20H25NO4S. The third-order valence-corrected chi connectivity index (χ3v) is 7.67. The maximum Gasteiger partial charge on any atom is 0.182 e. The van der Waals surface area contributed by atoms with Gasteiger partial charge in [-0.15, -0.1) is 0 Å². The van der Waals surface area contributed by atoms with Crippen LogP contribution >= 0.6 is 0 Å². The van der Waals surface area contributed by atoms with Crippen LogP contribution in [0.5, 0.6) is 5.75 Å². The first-order valence-electron chi connectivity index (χ1n) is 8.54. The van der Waals surface area contributed by atoms with Crippen LogP contribution in [0.1, 0.15) is 17.0 Å². The lowest BCUT2D eigenvalue weighted by atomic mass is 10.00. The van der Waals surface area contributed by atoms with Gasteiger partial charge in [-0.05, 0) is 36.8 Å². The van der Waals surface area contributed by atoms with Crippen LogP contribution < -0.4 is 10.5 Å². The first kappa shape index (κ1) is 18.9. The van der Waals surface area contributed by atoms with Gasteiger partial charge in [0, 0.05) is 25.0 Å². The highest BCUT2D eigenvalue weighted by atomic mass is 32.2. The third kappa shape index (κ3) is 3.02. The molecule has 6 heteroatoms. The maximum atomic E-state index is 13.3. The van der Waals surface area contributed by atoms with Crippen molar-refractivity contribution in [3.63, 3.8) is 0 Å². The summed E-state index contributed by atoms with van der Waals surface area (Å²) in [5.74, 6) is 0.530. The number of ether oxygens (including phenoxy) is 2. The van der Waals surface area contributed by atoms with Gasteiger partial charge < -0.3 is 15.2 Å². The summed E-state index contributed by atoms with van der Waals surface area (Å²) in [4.78, 5) is 0.332. The summed E-state index contributed by atoms with van der Waals surface area (Å²) in [6.45, 7) is 2.48. The number of methoxy groups -OCH3 is 2. The van der Waals surface area contributed by atoms with E-state index in [2.05, 4.69) is 0 Å². The predicted octanol–water partition coefficient (Wildman–Crippen LogP) is 2.53. The molecule has 0 aliphatic heterocycles. The highest BCUT2D eigenvalue weighted by Crippen LogP contribution is 2.63. The van der Waals surface area contributed by atoms with Crippen LogP contribution in [0, 0.1) is 12.3 Å². The summed E-state index contributed by atoms with van der Waals surface area (Å²) in [7, 11) is -0.346. The third-order valence-electron chi connectivity index (χ3n) is 5.33. The fraction of sp³-hybridized carbons (Fsp3) is 0.400. The van der Waals surface area contributed by atoms with E-state index in [0.717, 1.165) is 16.9 Å². The van der Waals surface area contributed by atoms with Crippen molar-refractivity contribution in [2.45, 2.75) is 23.0 Å². The molecule has 0 spiro atoms. The van der Waals surface area contributed by atoms with Gasteiger partial charge in [0.05, 0.1) is 23.9 Å². The van der Waals surface area contributed by atoms with Crippen LogP contribution in [0.15, 0.2) is 53.4 Å². The molecule has 1 saturated carbocycles. The molecule has 1 aliphatic rings. The lowest BCUT2D eigenvalue weighted by Crippen LogP contribution is -2.28. The van der Waals surface area contributed by atoms with Gasteiger partial charge in [-0.2, -0.15) is 0 Å². The van der Waals surface area contributed by atoms with E-state index in [9.17, 15) is 8.42 Å². The molecule has 0 amide bonds. The van der Waals surface area contributed by atoms with Crippen molar-refractivity contribution in [1.82, 2.24) is 0 Å². The molecule has 2 N–H and O–H groups in total. The Labute approximate surface area is 155 Å². The van der Waals surface area contributed by atoms with Gasteiger partial charge >= 0.3 is 0 Å². The molecule has 0 heterocycles. The molecule has 0 unspecified atom stereocenters. The first-order valence-corrected chi connectivity index (χ1v) is 10.1. The molecule has 0 radical (unpaired) electrons. The number of benzene rings is 2.